The molecule has 0 aliphatic carbocycles. The molecule has 0 aromatic rings. The Morgan fingerprint density at radius 3 is 1.56 bits per heavy atom. The summed E-state index contributed by atoms with van der Waals surface area (Å²) in [5.74, 6) is -0.989. The van der Waals surface area contributed by atoms with Gasteiger partial charge in [-0.15, -0.1) is 0 Å². The molecule has 0 saturated carbocycles. The third kappa shape index (κ3) is 9.02. The number of carbonyl (C=O) groups excluding carboxylic acids is 1. The van der Waals surface area contributed by atoms with Crippen molar-refractivity contribution in [3.05, 3.63) is 0 Å². The fourth-order valence-corrected chi connectivity index (χ4v) is 1.75. The zero-order valence-corrected chi connectivity index (χ0v) is 12.5. The van der Waals surface area contributed by atoms with Gasteiger partial charge in [-0.25, -0.2) is 0 Å². The number of carboxylic acids is 1. The summed E-state index contributed by atoms with van der Waals surface area (Å²) in [5, 5.41) is 8.64. The van der Waals surface area contributed by atoms with E-state index < -0.39 is 5.97 Å². The summed E-state index contributed by atoms with van der Waals surface area (Å²) in [6.07, 6.45) is -0.00882. The minimum Gasteiger partial charge on any atom is -0.481 e. The van der Waals surface area contributed by atoms with E-state index in [9.17, 15) is 9.59 Å². The van der Waals surface area contributed by atoms with E-state index in [0.717, 1.165) is 0 Å². The number of hydrogen-bond acceptors (Lipinski definition) is 2. The van der Waals surface area contributed by atoms with Crippen molar-refractivity contribution >= 4 is 11.9 Å². The van der Waals surface area contributed by atoms with E-state index in [4.69, 9.17) is 5.11 Å². The van der Waals surface area contributed by atoms with E-state index in [1.54, 1.807) is 4.90 Å². The summed E-state index contributed by atoms with van der Waals surface area (Å²) >= 11 is 0. The van der Waals surface area contributed by atoms with Crippen LogP contribution >= 0.6 is 0 Å². The largest absolute Gasteiger partial charge is 0.481 e. The summed E-state index contributed by atoms with van der Waals surface area (Å²) in [6, 6.07) is 0. The lowest BCUT2D eigenvalue weighted by molar-refractivity contribution is -0.141. The van der Waals surface area contributed by atoms with Gasteiger partial charge < -0.3 is 10.0 Å². The Kier molecular flexibility index (Phi) is 5.84. The third-order valence-corrected chi connectivity index (χ3v) is 2.24. The molecule has 0 heterocycles. The lowest BCUT2D eigenvalue weighted by atomic mass is 9.92. The molecule has 1 amide bonds. The molecular weight excluding hydrogens is 230 g/mol. The zero-order valence-electron chi connectivity index (χ0n) is 12.5. The van der Waals surface area contributed by atoms with Crippen molar-refractivity contribution < 1.29 is 14.7 Å². The van der Waals surface area contributed by atoms with Crippen LogP contribution in [0, 0.1) is 10.8 Å². The second-order valence-corrected chi connectivity index (χ2v) is 7.26. The molecule has 0 aliphatic heterocycles. The summed E-state index contributed by atoms with van der Waals surface area (Å²) in [4.78, 5) is 24.4. The minimum absolute atomic E-state index is 0.0180. The predicted molar refractivity (Wildman–Crippen MR) is 72.4 cm³/mol. The molecule has 4 heteroatoms. The summed E-state index contributed by atoms with van der Waals surface area (Å²) < 4.78 is 0. The number of rotatable bonds is 5. The smallest absolute Gasteiger partial charge is 0.303 e. The van der Waals surface area contributed by atoms with Crippen LogP contribution in [0.2, 0.25) is 0 Å². The van der Waals surface area contributed by atoms with Gasteiger partial charge in [-0.2, -0.15) is 0 Å². The van der Waals surface area contributed by atoms with E-state index in [2.05, 4.69) is 41.5 Å². The Balaban J connectivity index is 4.65. The highest BCUT2D eigenvalue weighted by Gasteiger charge is 2.25. The molecule has 0 spiro atoms. The fourth-order valence-electron chi connectivity index (χ4n) is 1.75. The first-order valence-electron chi connectivity index (χ1n) is 6.40. The third-order valence-electron chi connectivity index (χ3n) is 2.24. The van der Waals surface area contributed by atoms with Gasteiger partial charge in [0.25, 0.3) is 0 Å². The Morgan fingerprint density at radius 1 is 0.889 bits per heavy atom. The van der Waals surface area contributed by atoms with Gasteiger partial charge in [0.1, 0.15) is 0 Å². The van der Waals surface area contributed by atoms with Crippen molar-refractivity contribution in [3.8, 4) is 0 Å². The average molecular weight is 257 g/mol. The summed E-state index contributed by atoms with van der Waals surface area (Å²) in [7, 11) is 0. The van der Waals surface area contributed by atoms with Crippen LogP contribution in [-0.2, 0) is 9.59 Å². The van der Waals surface area contributed by atoms with Gasteiger partial charge in [0.15, 0.2) is 0 Å². The zero-order chi connectivity index (χ0) is 14.6. The van der Waals surface area contributed by atoms with Crippen LogP contribution in [0.5, 0.6) is 0 Å². The molecule has 0 aliphatic rings. The first kappa shape index (κ1) is 16.9. The number of aliphatic carboxylic acids is 1. The minimum atomic E-state index is -0.921. The summed E-state index contributed by atoms with van der Waals surface area (Å²) in [5.41, 5.74) is 0.0360. The van der Waals surface area contributed by atoms with E-state index in [1.165, 1.54) is 0 Å². The second kappa shape index (κ2) is 6.21. The normalized spacial score (nSPS) is 12.3. The van der Waals surface area contributed by atoms with Crippen molar-refractivity contribution in [3.63, 3.8) is 0 Å². The van der Waals surface area contributed by atoms with Crippen LogP contribution in [0.1, 0.15) is 54.4 Å². The van der Waals surface area contributed by atoms with E-state index in [1.807, 2.05) is 0 Å². The van der Waals surface area contributed by atoms with Crippen molar-refractivity contribution in [2.75, 3.05) is 13.1 Å². The molecule has 0 aromatic heterocycles. The maximum atomic E-state index is 12.1. The van der Waals surface area contributed by atoms with Gasteiger partial charge in [-0.05, 0) is 10.8 Å². The molecule has 0 bridgehead atoms. The quantitative estimate of drug-likeness (QED) is 0.824. The lowest BCUT2D eigenvalue weighted by Gasteiger charge is -2.34. The molecule has 0 rings (SSSR count). The Labute approximate surface area is 110 Å². The first-order chi connectivity index (χ1) is 7.91. The van der Waals surface area contributed by atoms with Gasteiger partial charge in [-0.3, -0.25) is 9.59 Å². The monoisotopic (exact) mass is 257 g/mol. The number of hydrogen-bond donors (Lipinski definition) is 1. The first-order valence-corrected chi connectivity index (χ1v) is 6.40. The highest BCUT2D eigenvalue weighted by Crippen LogP contribution is 2.21. The van der Waals surface area contributed by atoms with Gasteiger partial charge >= 0.3 is 5.97 Å². The molecule has 0 radical (unpaired) electrons. The Hall–Kier alpha value is -1.06. The molecule has 0 unspecified atom stereocenters. The van der Waals surface area contributed by atoms with Crippen LogP contribution < -0.4 is 0 Å². The number of nitrogens with zero attached hydrogens (tertiary/aromatic N) is 1. The van der Waals surface area contributed by atoms with Crippen LogP contribution in [0.4, 0.5) is 0 Å². The van der Waals surface area contributed by atoms with Gasteiger partial charge in [-0.1, -0.05) is 41.5 Å². The van der Waals surface area contributed by atoms with Crippen molar-refractivity contribution in [2.24, 2.45) is 10.8 Å². The van der Waals surface area contributed by atoms with Crippen LogP contribution in [0.3, 0.4) is 0 Å². The fraction of sp³-hybridized carbons (Fsp3) is 0.857. The molecule has 4 nitrogen and oxygen atoms in total. The number of amides is 1. The number of carbonyl (C=O) groups is 2. The van der Waals surface area contributed by atoms with Gasteiger partial charge in [0.05, 0.1) is 6.42 Å². The van der Waals surface area contributed by atoms with Gasteiger partial charge in [0.2, 0.25) is 5.91 Å². The molecule has 106 valence electrons. The van der Waals surface area contributed by atoms with Gasteiger partial charge in [0, 0.05) is 19.5 Å². The Morgan fingerprint density at radius 2 is 1.28 bits per heavy atom. The molecule has 0 atom stereocenters. The second-order valence-electron chi connectivity index (χ2n) is 7.26. The van der Waals surface area contributed by atoms with Crippen molar-refractivity contribution in [2.45, 2.75) is 54.4 Å². The van der Waals surface area contributed by atoms with E-state index in [0.29, 0.717) is 13.1 Å². The molecule has 0 saturated heterocycles. The predicted octanol–water partition coefficient (Wildman–Crippen LogP) is 2.77. The van der Waals surface area contributed by atoms with E-state index >= 15 is 0 Å². The molecule has 18 heavy (non-hydrogen) atoms. The van der Waals surface area contributed by atoms with Crippen LogP contribution in [-0.4, -0.2) is 35.0 Å². The van der Waals surface area contributed by atoms with Crippen LogP contribution in [0.15, 0.2) is 0 Å². The van der Waals surface area contributed by atoms with Crippen molar-refractivity contribution in [1.29, 1.82) is 0 Å². The average Bonchev–Trinajstić information content (AvgIpc) is 2.08. The highest BCUT2D eigenvalue weighted by atomic mass is 16.4. The molecule has 1 N–H and O–H groups in total. The molecular formula is C14H27NO3. The van der Waals surface area contributed by atoms with E-state index in [-0.39, 0.29) is 29.6 Å². The lowest BCUT2D eigenvalue weighted by Crippen LogP contribution is -2.42. The summed E-state index contributed by atoms with van der Waals surface area (Å²) in [6.45, 7) is 13.8. The van der Waals surface area contributed by atoms with Crippen LogP contribution in [0.25, 0.3) is 0 Å². The standard InChI is InChI=1S/C14H27NO3/c1-13(2,3)9-15(10-14(4,5)6)11(16)7-8-12(17)18/h7-10H2,1-6H3,(H,17,18). The highest BCUT2D eigenvalue weighted by molar-refractivity contribution is 5.80. The maximum Gasteiger partial charge on any atom is 0.303 e. The van der Waals surface area contributed by atoms with Crippen molar-refractivity contribution in [1.82, 2.24) is 4.90 Å². The Bertz CT molecular complexity index is 281. The topological polar surface area (TPSA) is 57.6 Å². The maximum absolute atomic E-state index is 12.1. The molecule has 0 aromatic carbocycles. The SMILES string of the molecule is CC(C)(C)CN(CC(C)(C)C)C(=O)CCC(=O)O. The number of carboxylic acid groups (broad SMARTS) is 1. The molecule has 0 fully saturated rings.